The smallest absolute Gasteiger partial charge is 0.186 e. The van der Waals surface area contributed by atoms with Crippen molar-refractivity contribution < 1.29 is 9.59 Å². The van der Waals surface area contributed by atoms with Gasteiger partial charge in [0.15, 0.2) is 0 Å². The van der Waals surface area contributed by atoms with Crippen molar-refractivity contribution in [1.29, 1.82) is 0 Å². The number of hydrogen-bond donors (Lipinski definition) is 0. The fourth-order valence-electron chi connectivity index (χ4n) is 0.589. The van der Waals surface area contributed by atoms with Crippen LogP contribution in [0.1, 0.15) is 5.56 Å². The Balaban J connectivity index is 0.000000292. The van der Waals surface area contributed by atoms with Crippen LogP contribution in [0.25, 0.3) is 6.08 Å². The van der Waals surface area contributed by atoms with Gasteiger partial charge in [-0.3, -0.25) is 0 Å². The summed E-state index contributed by atoms with van der Waals surface area (Å²) < 4.78 is 0. The third-order valence-corrected chi connectivity index (χ3v) is 1.04. The lowest BCUT2D eigenvalue weighted by Crippen LogP contribution is -1.63. The summed E-state index contributed by atoms with van der Waals surface area (Å²) in [6, 6.07) is 10.0. The standard InChI is InChI=1S/C8H8.CO2/c1-2-8-6-4-3-5-7-8;2-1-3/h2-7H,1H2;. The molecule has 0 atom stereocenters. The molecule has 0 aliphatic rings. The van der Waals surface area contributed by atoms with Crippen molar-refractivity contribution in [3.05, 3.63) is 42.5 Å². The van der Waals surface area contributed by atoms with E-state index in [-0.39, 0.29) is 6.15 Å². The molecule has 0 N–H and O–H groups in total. The minimum absolute atomic E-state index is 0.250. The molecule has 0 saturated heterocycles. The minimum Gasteiger partial charge on any atom is -0.186 e. The van der Waals surface area contributed by atoms with Gasteiger partial charge in [-0.1, -0.05) is 43.0 Å². The number of rotatable bonds is 1. The first kappa shape index (κ1) is 9.34. The van der Waals surface area contributed by atoms with Crippen molar-refractivity contribution in [1.82, 2.24) is 0 Å². The maximum absolute atomic E-state index is 8.12. The zero-order valence-electron chi connectivity index (χ0n) is 5.99. The van der Waals surface area contributed by atoms with Gasteiger partial charge in [0, 0.05) is 0 Å². The van der Waals surface area contributed by atoms with Crippen molar-refractivity contribution in [3.8, 4) is 0 Å². The van der Waals surface area contributed by atoms with E-state index in [1.807, 2.05) is 36.4 Å². The second kappa shape index (κ2) is 6.46. The summed E-state index contributed by atoms with van der Waals surface area (Å²) in [6.07, 6.45) is 2.08. The normalized spacial score (nSPS) is 6.91. The molecule has 0 aliphatic carbocycles. The highest BCUT2D eigenvalue weighted by Crippen LogP contribution is 1.97. The molecule has 1 aromatic carbocycles. The Hall–Kier alpha value is -1.66. The van der Waals surface area contributed by atoms with Crippen molar-refractivity contribution in [3.63, 3.8) is 0 Å². The molecule has 2 heteroatoms. The molecule has 0 aromatic heterocycles. The van der Waals surface area contributed by atoms with Crippen LogP contribution in [0.4, 0.5) is 0 Å². The maximum Gasteiger partial charge on any atom is 0.373 e. The van der Waals surface area contributed by atoms with Gasteiger partial charge in [0.05, 0.1) is 0 Å². The van der Waals surface area contributed by atoms with E-state index in [0.717, 1.165) is 0 Å². The van der Waals surface area contributed by atoms with Crippen LogP contribution in [0.2, 0.25) is 0 Å². The lowest BCUT2D eigenvalue weighted by atomic mass is 10.2. The van der Waals surface area contributed by atoms with E-state index in [2.05, 4.69) is 6.58 Å². The van der Waals surface area contributed by atoms with Gasteiger partial charge in [-0.2, -0.15) is 9.59 Å². The van der Waals surface area contributed by atoms with Crippen LogP contribution in [-0.2, 0) is 9.59 Å². The van der Waals surface area contributed by atoms with Gasteiger partial charge >= 0.3 is 6.15 Å². The Morgan fingerprint density at radius 1 is 1.18 bits per heavy atom. The highest BCUT2D eigenvalue weighted by molar-refractivity contribution is 5.45. The van der Waals surface area contributed by atoms with Crippen LogP contribution in [0.3, 0.4) is 0 Å². The van der Waals surface area contributed by atoms with E-state index in [1.54, 1.807) is 0 Å². The first-order valence-corrected chi connectivity index (χ1v) is 3.02. The van der Waals surface area contributed by atoms with Gasteiger partial charge in [0.2, 0.25) is 0 Å². The summed E-state index contributed by atoms with van der Waals surface area (Å²) in [7, 11) is 0. The molecular formula is C9H8O2. The number of hydrogen-bond acceptors (Lipinski definition) is 2. The summed E-state index contributed by atoms with van der Waals surface area (Å²) in [5.41, 5.74) is 1.17. The quantitative estimate of drug-likeness (QED) is 0.608. The highest BCUT2D eigenvalue weighted by Gasteiger charge is 1.75. The first-order valence-electron chi connectivity index (χ1n) is 3.02. The van der Waals surface area contributed by atoms with Crippen molar-refractivity contribution in [2.75, 3.05) is 0 Å². The Morgan fingerprint density at radius 3 is 1.91 bits per heavy atom. The predicted octanol–water partition coefficient (Wildman–Crippen LogP) is 1.75. The van der Waals surface area contributed by atoms with Crippen LogP contribution >= 0.6 is 0 Å². The molecule has 0 saturated carbocycles. The van der Waals surface area contributed by atoms with E-state index in [9.17, 15) is 0 Å². The Morgan fingerprint density at radius 2 is 1.64 bits per heavy atom. The summed E-state index contributed by atoms with van der Waals surface area (Å²) >= 11 is 0. The molecule has 56 valence electrons. The average Bonchev–Trinajstić information content (AvgIpc) is 2.08. The van der Waals surface area contributed by atoms with E-state index < -0.39 is 0 Å². The third-order valence-electron chi connectivity index (χ3n) is 1.04. The second-order valence-corrected chi connectivity index (χ2v) is 1.70. The van der Waals surface area contributed by atoms with Gasteiger partial charge in [0.1, 0.15) is 0 Å². The molecular weight excluding hydrogens is 140 g/mol. The van der Waals surface area contributed by atoms with Gasteiger partial charge in [0.25, 0.3) is 0 Å². The van der Waals surface area contributed by atoms with Gasteiger partial charge in [-0.15, -0.1) is 0 Å². The molecule has 0 bridgehead atoms. The fourth-order valence-corrected chi connectivity index (χ4v) is 0.589. The monoisotopic (exact) mass is 148 g/mol. The Bertz CT molecular complexity index is 233. The zero-order valence-corrected chi connectivity index (χ0v) is 5.99. The van der Waals surface area contributed by atoms with Crippen LogP contribution < -0.4 is 0 Å². The van der Waals surface area contributed by atoms with Crippen molar-refractivity contribution in [2.45, 2.75) is 0 Å². The zero-order chi connectivity index (χ0) is 8.53. The maximum atomic E-state index is 8.12. The SMILES string of the molecule is C=Cc1ccccc1.O=C=O. The molecule has 1 rings (SSSR count). The van der Waals surface area contributed by atoms with Gasteiger partial charge < -0.3 is 0 Å². The predicted molar refractivity (Wildman–Crippen MR) is 41.5 cm³/mol. The third kappa shape index (κ3) is 4.82. The summed E-state index contributed by atoms with van der Waals surface area (Å²) in [5.74, 6) is 0. The van der Waals surface area contributed by atoms with E-state index in [1.165, 1.54) is 5.56 Å². The molecule has 0 fully saturated rings. The molecule has 1 aromatic rings. The molecule has 11 heavy (non-hydrogen) atoms. The molecule has 0 heterocycles. The highest BCUT2D eigenvalue weighted by atomic mass is 16.2. The molecule has 0 radical (unpaired) electrons. The summed E-state index contributed by atoms with van der Waals surface area (Å²) in [6.45, 7) is 3.63. The Kier molecular flexibility index (Phi) is 5.49. The largest absolute Gasteiger partial charge is 0.373 e. The fraction of sp³-hybridized carbons (Fsp3) is 0. The van der Waals surface area contributed by atoms with E-state index in [0.29, 0.717) is 0 Å². The summed E-state index contributed by atoms with van der Waals surface area (Å²) in [5, 5.41) is 0. The molecule has 0 aliphatic heterocycles. The molecule has 0 unspecified atom stereocenters. The van der Waals surface area contributed by atoms with Crippen molar-refractivity contribution >= 4 is 12.2 Å². The second-order valence-electron chi connectivity index (χ2n) is 1.70. The van der Waals surface area contributed by atoms with Crippen LogP contribution in [-0.4, -0.2) is 6.15 Å². The number of benzene rings is 1. The molecule has 0 spiro atoms. The topological polar surface area (TPSA) is 34.1 Å². The molecule has 2 nitrogen and oxygen atoms in total. The number of carbonyl (C=O) groups excluding carboxylic acids is 2. The van der Waals surface area contributed by atoms with Crippen LogP contribution in [0.15, 0.2) is 36.9 Å². The molecule has 0 amide bonds. The van der Waals surface area contributed by atoms with Crippen LogP contribution in [0.5, 0.6) is 0 Å². The lowest BCUT2D eigenvalue weighted by molar-refractivity contribution is -0.191. The lowest BCUT2D eigenvalue weighted by Gasteiger charge is -1.85. The van der Waals surface area contributed by atoms with E-state index >= 15 is 0 Å². The average molecular weight is 148 g/mol. The minimum atomic E-state index is 0.250. The van der Waals surface area contributed by atoms with Gasteiger partial charge in [-0.05, 0) is 5.56 Å². The van der Waals surface area contributed by atoms with Crippen molar-refractivity contribution in [2.24, 2.45) is 0 Å². The Labute approximate surface area is 65.2 Å². The van der Waals surface area contributed by atoms with E-state index in [4.69, 9.17) is 9.59 Å². The summed E-state index contributed by atoms with van der Waals surface area (Å²) in [4.78, 5) is 16.2. The van der Waals surface area contributed by atoms with Gasteiger partial charge in [-0.25, -0.2) is 0 Å². The first-order chi connectivity index (χ1) is 5.35. The van der Waals surface area contributed by atoms with Crippen LogP contribution in [0, 0.1) is 0 Å².